The van der Waals surface area contributed by atoms with Crippen LogP contribution in [-0.2, 0) is 0 Å². The molecule has 1 atom stereocenters. The Kier molecular flexibility index (Phi) is 5.04. The average molecular weight is 234 g/mol. The zero-order chi connectivity index (χ0) is 12.9. The molecule has 17 heavy (non-hydrogen) atoms. The van der Waals surface area contributed by atoms with Crippen LogP contribution < -0.4 is 0 Å². The van der Waals surface area contributed by atoms with Gasteiger partial charge in [-0.25, -0.2) is 0 Å². The van der Waals surface area contributed by atoms with Crippen molar-refractivity contribution >= 4 is 0 Å². The molecule has 1 aromatic rings. The molecule has 1 unspecified atom stereocenters. The minimum Gasteiger partial charge on any atom is -0.508 e. The molecule has 96 valence electrons. The molecule has 0 radical (unpaired) electrons. The van der Waals surface area contributed by atoms with Crippen LogP contribution in [0.2, 0.25) is 0 Å². The van der Waals surface area contributed by atoms with Crippen LogP contribution in [0.1, 0.15) is 64.9 Å². The smallest absolute Gasteiger partial charge is 0.115 e. The summed E-state index contributed by atoms with van der Waals surface area (Å²) in [6.07, 6.45) is 4.88. The standard InChI is InChI=1S/C16H26O/c1-5-7-14(12-16(3,4)6-2)13-8-10-15(17)11-9-13/h8-11,14,17H,5-7,12H2,1-4H3. The normalized spacial score (nSPS) is 13.6. The third-order valence-electron chi connectivity index (χ3n) is 3.76. The van der Waals surface area contributed by atoms with Crippen molar-refractivity contribution in [1.29, 1.82) is 0 Å². The van der Waals surface area contributed by atoms with Crippen molar-refractivity contribution in [3.8, 4) is 5.75 Å². The number of aromatic hydroxyl groups is 1. The van der Waals surface area contributed by atoms with Crippen LogP contribution in [0.25, 0.3) is 0 Å². The van der Waals surface area contributed by atoms with E-state index in [1.165, 1.54) is 31.2 Å². The number of phenols is 1. The second kappa shape index (κ2) is 6.09. The largest absolute Gasteiger partial charge is 0.508 e. The van der Waals surface area contributed by atoms with Crippen molar-refractivity contribution in [1.82, 2.24) is 0 Å². The Morgan fingerprint density at radius 1 is 1.12 bits per heavy atom. The summed E-state index contributed by atoms with van der Waals surface area (Å²) >= 11 is 0. The molecule has 0 aromatic heterocycles. The van der Waals surface area contributed by atoms with Gasteiger partial charge in [-0.3, -0.25) is 0 Å². The average Bonchev–Trinajstić information content (AvgIpc) is 2.29. The SMILES string of the molecule is CCCC(CC(C)(C)CC)c1ccc(O)cc1. The Labute approximate surface area is 106 Å². The maximum Gasteiger partial charge on any atom is 0.115 e. The van der Waals surface area contributed by atoms with Gasteiger partial charge in [0.15, 0.2) is 0 Å². The predicted octanol–water partition coefficient (Wildman–Crippen LogP) is 5.10. The summed E-state index contributed by atoms with van der Waals surface area (Å²) in [5.41, 5.74) is 1.77. The van der Waals surface area contributed by atoms with Crippen molar-refractivity contribution in [3.05, 3.63) is 29.8 Å². The molecule has 1 N–H and O–H groups in total. The lowest BCUT2D eigenvalue weighted by Crippen LogP contribution is -2.15. The van der Waals surface area contributed by atoms with E-state index in [1.54, 1.807) is 12.1 Å². The van der Waals surface area contributed by atoms with Crippen molar-refractivity contribution in [2.45, 2.75) is 59.3 Å². The zero-order valence-corrected chi connectivity index (χ0v) is 11.7. The van der Waals surface area contributed by atoms with E-state index in [0.717, 1.165) is 0 Å². The fourth-order valence-corrected chi connectivity index (χ4v) is 2.29. The van der Waals surface area contributed by atoms with Gasteiger partial charge in [0.2, 0.25) is 0 Å². The van der Waals surface area contributed by atoms with Crippen LogP contribution in [0.5, 0.6) is 5.75 Å². The van der Waals surface area contributed by atoms with E-state index in [0.29, 0.717) is 17.1 Å². The highest BCUT2D eigenvalue weighted by Crippen LogP contribution is 2.37. The topological polar surface area (TPSA) is 20.2 Å². The molecule has 0 fully saturated rings. The summed E-state index contributed by atoms with van der Waals surface area (Å²) in [6.45, 7) is 9.19. The van der Waals surface area contributed by atoms with E-state index in [-0.39, 0.29) is 0 Å². The van der Waals surface area contributed by atoms with Crippen molar-refractivity contribution in [2.24, 2.45) is 5.41 Å². The highest BCUT2D eigenvalue weighted by atomic mass is 16.3. The van der Waals surface area contributed by atoms with Gasteiger partial charge in [-0.1, -0.05) is 52.7 Å². The van der Waals surface area contributed by atoms with E-state index in [2.05, 4.69) is 39.8 Å². The molecule has 0 aliphatic heterocycles. The zero-order valence-electron chi connectivity index (χ0n) is 11.7. The molecule has 0 bridgehead atoms. The third kappa shape index (κ3) is 4.41. The first-order chi connectivity index (χ1) is 7.98. The fourth-order valence-electron chi connectivity index (χ4n) is 2.29. The van der Waals surface area contributed by atoms with E-state index in [9.17, 15) is 5.11 Å². The quantitative estimate of drug-likeness (QED) is 0.725. The Morgan fingerprint density at radius 2 is 1.71 bits per heavy atom. The molecule has 1 nitrogen and oxygen atoms in total. The van der Waals surface area contributed by atoms with Crippen LogP contribution in [0, 0.1) is 5.41 Å². The van der Waals surface area contributed by atoms with E-state index >= 15 is 0 Å². The number of phenolic OH excluding ortho intramolecular Hbond substituents is 1. The maximum atomic E-state index is 9.35. The van der Waals surface area contributed by atoms with Crippen LogP contribution in [0.15, 0.2) is 24.3 Å². The van der Waals surface area contributed by atoms with Crippen molar-refractivity contribution < 1.29 is 5.11 Å². The van der Waals surface area contributed by atoms with Crippen LogP contribution in [0.4, 0.5) is 0 Å². The molecule has 0 saturated carbocycles. The lowest BCUT2D eigenvalue weighted by atomic mass is 9.77. The molecule has 0 amide bonds. The van der Waals surface area contributed by atoms with Gasteiger partial charge in [-0.05, 0) is 41.9 Å². The summed E-state index contributed by atoms with van der Waals surface area (Å²) in [5.74, 6) is 0.981. The number of rotatable bonds is 6. The molecule has 0 heterocycles. The van der Waals surface area contributed by atoms with E-state index in [1.807, 2.05) is 0 Å². The molecule has 0 spiro atoms. The van der Waals surface area contributed by atoms with E-state index < -0.39 is 0 Å². The van der Waals surface area contributed by atoms with Gasteiger partial charge in [-0.2, -0.15) is 0 Å². The Bertz CT molecular complexity index is 324. The van der Waals surface area contributed by atoms with E-state index in [4.69, 9.17) is 0 Å². The van der Waals surface area contributed by atoms with Gasteiger partial charge >= 0.3 is 0 Å². The first kappa shape index (κ1) is 14.1. The third-order valence-corrected chi connectivity index (χ3v) is 3.76. The van der Waals surface area contributed by atoms with Crippen LogP contribution in [0.3, 0.4) is 0 Å². The summed E-state index contributed by atoms with van der Waals surface area (Å²) in [5, 5.41) is 9.35. The van der Waals surface area contributed by atoms with Gasteiger partial charge in [-0.15, -0.1) is 0 Å². The molecule has 0 saturated heterocycles. The Hall–Kier alpha value is -0.980. The van der Waals surface area contributed by atoms with Gasteiger partial charge in [0.05, 0.1) is 0 Å². The monoisotopic (exact) mass is 234 g/mol. The van der Waals surface area contributed by atoms with Crippen LogP contribution >= 0.6 is 0 Å². The predicted molar refractivity (Wildman–Crippen MR) is 74.4 cm³/mol. The van der Waals surface area contributed by atoms with Gasteiger partial charge in [0.25, 0.3) is 0 Å². The van der Waals surface area contributed by atoms with Crippen molar-refractivity contribution in [2.75, 3.05) is 0 Å². The second-order valence-electron chi connectivity index (χ2n) is 5.80. The number of benzene rings is 1. The minimum absolute atomic E-state index is 0.360. The van der Waals surface area contributed by atoms with Crippen LogP contribution in [-0.4, -0.2) is 5.11 Å². The summed E-state index contributed by atoms with van der Waals surface area (Å²) < 4.78 is 0. The first-order valence-electron chi connectivity index (χ1n) is 6.77. The second-order valence-corrected chi connectivity index (χ2v) is 5.80. The molecular weight excluding hydrogens is 208 g/mol. The Balaban J connectivity index is 2.81. The summed E-state index contributed by atoms with van der Waals surface area (Å²) in [4.78, 5) is 0. The molecular formula is C16H26O. The molecule has 0 aliphatic carbocycles. The maximum absolute atomic E-state index is 9.35. The van der Waals surface area contributed by atoms with Crippen molar-refractivity contribution in [3.63, 3.8) is 0 Å². The number of hydrogen-bond donors (Lipinski definition) is 1. The van der Waals surface area contributed by atoms with Gasteiger partial charge in [0.1, 0.15) is 5.75 Å². The highest BCUT2D eigenvalue weighted by Gasteiger charge is 2.22. The highest BCUT2D eigenvalue weighted by molar-refractivity contribution is 5.28. The molecule has 1 rings (SSSR count). The Morgan fingerprint density at radius 3 is 2.18 bits per heavy atom. The lowest BCUT2D eigenvalue weighted by molar-refractivity contribution is 0.286. The lowest BCUT2D eigenvalue weighted by Gasteiger charge is -2.29. The van der Waals surface area contributed by atoms with Gasteiger partial charge < -0.3 is 5.11 Å². The molecule has 1 heteroatoms. The molecule has 1 aromatic carbocycles. The van der Waals surface area contributed by atoms with Gasteiger partial charge in [0, 0.05) is 0 Å². The number of hydrogen-bond acceptors (Lipinski definition) is 1. The first-order valence-corrected chi connectivity index (χ1v) is 6.77. The fraction of sp³-hybridized carbons (Fsp3) is 0.625. The minimum atomic E-state index is 0.360. The summed E-state index contributed by atoms with van der Waals surface area (Å²) in [7, 11) is 0. The summed E-state index contributed by atoms with van der Waals surface area (Å²) in [6, 6.07) is 7.75. The molecule has 0 aliphatic rings.